The minimum absolute atomic E-state index is 0.220. The van der Waals surface area contributed by atoms with E-state index < -0.39 is 5.24 Å². The zero-order valence-electron chi connectivity index (χ0n) is 10.1. The number of carbonyl (C=O) groups is 1. The summed E-state index contributed by atoms with van der Waals surface area (Å²) >= 11 is 5.39. The monoisotopic (exact) mass is 255 g/mol. The Morgan fingerprint density at radius 1 is 1.29 bits per heavy atom. The van der Waals surface area contributed by atoms with Crippen LogP contribution in [0.2, 0.25) is 0 Å². The molecule has 0 N–H and O–H groups in total. The van der Waals surface area contributed by atoms with Crippen LogP contribution >= 0.6 is 11.6 Å². The molecule has 1 aromatic heterocycles. The summed E-state index contributed by atoms with van der Waals surface area (Å²) in [5.41, 5.74) is 0. The average Bonchev–Trinajstić information content (AvgIpc) is 2.65. The van der Waals surface area contributed by atoms with E-state index in [0.29, 0.717) is 0 Å². The molecular formula is C13H18ClNO2. The summed E-state index contributed by atoms with van der Waals surface area (Å²) in [5, 5.41) is -0.528. The van der Waals surface area contributed by atoms with Crippen molar-refractivity contribution in [2.24, 2.45) is 0 Å². The van der Waals surface area contributed by atoms with Crippen LogP contribution < -0.4 is 0 Å². The van der Waals surface area contributed by atoms with Crippen LogP contribution in [-0.2, 0) is 0 Å². The number of rotatable bonds is 3. The van der Waals surface area contributed by atoms with Crippen molar-refractivity contribution in [1.29, 1.82) is 0 Å². The molecule has 1 unspecified atom stereocenters. The molecule has 17 heavy (non-hydrogen) atoms. The van der Waals surface area contributed by atoms with E-state index in [4.69, 9.17) is 16.0 Å². The lowest BCUT2D eigenvalue weighted by atomic mass is 10.2. The van der Waals surface area contributed by atoms with Gasteiger partial charge in [0, 0.05) is 0 Å². The Kier molecular flexibility index (Phi) is 4.24. The van der Waals surface area contributed by atoms with Crippen LogP contribution in [0.3, 0.4) is 0 Å². The van der Waals surface area contributed by atoms with Crippen molar-refractivity contribution in [2.75, 3.05) is 13.1 Å². The van der Waals surface area contributed by atoms with Gasteiger partial charge in [0.15, 0.2) is 5.76 Å². The fourth-order valence-corrected chi connectivity index (χ4v) is 2.45. The standard InChI is InChI=1S/C13H18ClNO2/c1-10(15-8-4-2-3-5-9-15)11-6-7-12(17-11)13(14)16/h6-7,10H,2-5,8-9H2,1H3. The molecule has 0 saturated carbocycles. The smallest absolute Gasteiger partial charge is 0.287 e. The molecule has 1 atom stereocenters. The third kappa shape index (κ3) is 3.11. The van der Waals surface area contributed by atoms with Crippen LogP contribution in [0, 0.1) is 0 Å². The lowest BCUT2D eigenvalue weighted by Gasteiger charge is -2.25. The van der Waals surface area contributed by atoms with Crippen molar-refractivity contribution >= 4 is 16.8 Å². The first-order valence-corrected chi connectivity index (χ1v) is 6.60. The maximum atomic E-state index is 11.0. The highest BCUT2D eigenvalue weighted by Crippen LogP contribution is 2.25. The number of furan rings is 1. The third-order valence-corrected chi connectivity index (χ3v) is 3.61. The van der Waals surface area contributed by atoms with Gasteiger partial charge in [-0.2, -0.15) is 0 Å². The second kappa shape index (κ2) is 5.69. The number of halogens is 1. The summed E-state index contributed by atoms with van der Waals surface area (Å²) in [4.78, 5) is 13.4. The fraction of sp³-hybridized carbons (Fsp3) is 0.615. The van der Waals surface area contributed by atoms with Crippen molar-refractivity contribution in [3.63, 3.8) is 0 Å². The molecule has 4 heteroatoms. The molecule has 3 nitrogen and oxygen atoms in total. The molecule has 0 bridgehead atoms. The molecule has 1 aliphatic rings. The lowest BCUT2D eigenvalue weighted by Crippen LogP contribution is -2.27. The predicted molar refractivity (Wildman–Crippen MR) is 67.3 cm³/mol. The Balaban J connectivity index is 2.06. The highest BCUT2D eigenvalue weighted by atomic mass is 35.5. The Labute approximate surface area is 107 Å². The maximum absolute atomic E-state index is 11.0. The molecule has 0 spiro atoms. The Morgan fingerprint density at radius 2 is 1.94 bits per heavy atom. The van der Waals surface area contributed by atoms with Crippen LogP contribution in [0.15, 0.2) is 16.5 Å². The SMILES string of the molecule is CC(c1ccc(C(=O)Cl)o1)N1CCCCCC1. The van der Waals surface area contributed by atoms with Gasteiger partial charge in [0.25, 0.3) is 5.24 Å². The molecule has 2 heterocycles. The first-order valence-electron chi connectivity index (χ1n) is 6.22. The van der Waals surface area contributed by atoms with E-state index in [0.717, 1.165) is 18.8 Å². The maximum Gasteiger partial charge on any atom is 0.287 e. The summed E-state index contributed by atoms with van der Waals surface area (Å²) in [6.45, 7) is 4.32. The van der Waals surface area contributed by atoms with Crippen LogP contribution in [0.1, 0.15) is 55.0 Å². The summed E-state index contributed by atoms with van der Waals surface area (Å²) < 4.78 is 5.48. The van der Waals surface area contributed by atoms with Gasteiger partial charge < -0.3 is 4.42 Å². The molecule has 0 aromatic carbocycles. The summed E-state index contributed by atoms with van der Waals surface area (Å²) in [6, 6.07) is 3.72. The average molecular weight is 256 g/mol. The molecule has 1 fully saturated rings. The summed E-state index contributed by atoms with van der Waals surface area (Å²) in [6.07, 6.45) is 5.11. The van der Waals surface area contributed by atoms with E-state index in [1.165, 1.54) is 25.7 Å². The molecular weight excluding hydrogens is 238 g/mol. The first kappa shape index (κ1) is 12.7. The third-order valence-electron chi connectivity index (χ3n) is 3.42. The van der Waals surface area contributed by atoms with Crippen LogP contribution in [0.5, 0.6) is 0 Å². The first-order chi connectivity index (χ1) is 8.18. The molecule has 1 saturated heterocycles. The van der Waals surface area contributed by atoms with Crippen molar-refractivity contribution in [1.82, 2.24) is 4.90 Å². The lowest BCUT2D eigenvalue weighted by molar-refractivity contribution is 0.105. The second-order valence-electron chi connectivity index (χ2n) is 4.60. The van der Waals surface area contributed by atoms with Gasteiger partial charge in [-0.05, 0) is 56.6 Å². The van der Waals surface area contributed by atoms with Crippen molar-refractivity contribution in [3.8, 4) is 0 Å². The molecule has 1 aliphatic heterocycles. The normalized spacial score (nSPS) is 19.9. The van der Waals surface area contributed by atoms with Crippen LogP contribution in [0.4, 0.5) is 0 Å². The minimum atomic E-state index is -0.528. The van der Waals surface area contributed by atoms with Gasteiger partial charge in [0.05, 0.1) is 6.04 Å². The number of nitrogens with zero attached hydrogens (tertiary/aromatic N) is 1. The minimum Gasteiger partial charge on any atom is -0.455 e. The Hall–Kier alpha value is -0.800. The van der Waals surface area contributed by atoms with E-state index in [1.54, 1.807) is 6.07 Å². The molecule has 1 aromatic rings. The van der Waals surface area contributed by atoms with Gasteiger partial charge in [-0.25, -0.2) is 0 Å². The Bertz CT molecular complexity index is 381. The number of hydrogen-bond donors (Lipinski definition) is 0. The van der Waals surface area contributed by atoms with E-state index >= 15 is 0 Å². The highest BCUT2D eigenvalue weighted by molar-refractivity contribution is 6.67. The zero-order valence-corrected chi connectivity index (χ0v) is 10.9. The fourth-order valence-electron chi connectivity index (χ4n) is 2.35. The summed E-state index contributed by atoms with van der Waals surface area (Å²) in [5.74, 6) is 1.07. The van der Waals surface area contributed by atoms with Gasteiger partial charge in [0.2, 0.25) is 0 Å². The van der Waals surface area contributed by atoms with Gasteiger partial charge in [0.1, 0.15) is 5.76 Å². The van der Waals surface area contributed by atoms with E-state index in [-0.39, 0.29) is 11.8 Å². The quantitative estimate of drug-likeness (QED) is 0.774. The van der Waals surface area contributed by atoms with E-state index in [9.17, 15) is 4.79 Å². The van der Waals surface area contributed by atoms with Gasteiger partial charge in [-0.1, -0.05) is 12.8 Å². The molecule has 0 radical (unpaired) electrons. The van der Waals surface area contributed by atoms with E-state index in [2.05, 4.69) is 11.8 Å². The van der Waals surface area contributed by atoms with Gasteiger partial charge in [-0.3, -0.25) is 9.69 Å². The van der Waals surface area contributed by atoms with Crippen LogP contribution in [-0.4, -0.2) is 23.2 Å². The van der Waals surface area contributed by atoms with Crippen molar-refractivity contribution in [2.45, 2.75) is 38.6 Å². The van der Waals surface area contributed by atoms with Crippen molar-refractivity contribution in [3.05, 3.63) is 23.7 Å². The van der Waals surface area contributed by atoms with Gasteiger partial charge in [-0.15, -0.1) is 0 Å². The van der Waals surface area contributed by atoms with Crippen molar-refractivity contribution < 1.29 is 9.21 Å². The van der Waals surface area contributed by atoms with E-state index in [1.807, 2.05) is 6.07 Å². The molecule has 0 aliphatic carbocycles. The Morgan fingerprint density at radius 3 is 2.47 bits per heavy atom. The van der Waals surface area contributed by atoms with Crippen LogP contribution in [0.25, 0.3) is 0 Å². The topological polar surface area (TPSA) is 33.5 Å². The number of carbonyl (C=O) groups excluding carboxylic acids is 1. The van der Waals surface area contributed by atoms with Gasteiger partial charge >= 0.3 is 0 Å². The second-order valence-corrected chi connectivity index (χ2v) is 4.95. The number of likely N-dealkylation sites (tertiary alicyclic amines) is 1. The predicted octanol–water partition coefficient (Wildman–Crippen LogP) is 3.60. The molecule has 0 amide bonds. The molecule has 94 valence electrons. The largest absolute Gasteiger partial charge is 0.455 e. The zero-order chi connectivity index (χ0) is 12.3. The molecule has 2 rings (SSSR count). The highest BCUT2D eigenvalue weighted by Gasteiger charge is 2.20. The number of hydrogen-bond acceptors (Lipinski definition) is 3. The summed E-state index contributed by atoms with van der Waals surface area (Å²) in [7, 11) is 0.